The summed E-state index contributed by atoms with van der Waals surface area (Å²) in [5.41, 5.74) is 5.83. The molecule has 1 aliphatic rings. The standard InChI is InChI=1S/C9H15N3/c10-9-2-1-8(5-9)6-12-4-3-11-7-12/h3-4,7-9H,1-2,5-6,10H2/t8-,9+/m0/s1. The van der Waals surface area contributed by atoms with E-state index in [-0.39, 0.29) is 0 Å². The molecule has 0 bridgehead atoms. The second kappa shape index (κ2) is 3.27. The van der Waals surface area contributed by atoms with Crippen LogP contribution in [-0.2, 0) is 6.54 Å². The van der Waals surface area contributed by atoms with Crippen LogP contribution in [0.4, 0.5) is 0 Å². The normalized spacial score (nSPS) is 29.4. The minimum absolute atomic E-state index is 0.443. The Balaban J connectivity index is 1.88. The van der Waals surface area contributed by atoms with Crippen molar-refractivity contribution >= 4 is 0 Å². The fraction of sp³-hybridized carbons (Fsp3) is 0.667. The Hall–Kier alpha value is -0.830. The van der Waals surface area contributed by atoms with Gasteiger partial charge in [-0.25, -0.2) is 4.98 Å². The van der Waals surface area contributed by atoms with Crippen LogP contribution >= 0.6 is 0 Å². The van der Waals surface area contributed by atoms with Crippen molar-refractivity contribution in [1.82, 2.24) is 9.55 Å². The highest BCUT2D eigenvalue weighted by atomic mass is 15.0. The van der Waals surface area contributed by atoms with Crippen LogP contribution in [0.5, 0.6) is 0 Å². The molecule has 1 fully saturated rings. The highest BCUT2D eigenvalue weighted by molar-refractivity contribution is 4.81. The van der Waals surface area contributed by atoms with Crippen LogP contribution in [0.1, 0.15) is 19.3 Å². The van der Waals surface area contributed by atoms with E-state index in [0.717, 1.165) is 12.5 Å². The van der Waals surface area contributed by atoms with Crippen LogP contribution in [0.2, 0.25) is 0 Å². The van der Waals surface area contributed by atoms with Gasteiger partial charge in [0.25, 0.3) is 0 Å². The van der Waals surface area contributed by atoms with E-state index in [9.17, 15) is 0 Å². The molecule has 2 N–H and O–H groups in total. The molecule has 1 aliphatic carbocycles. The minimum atomic E-state index is 0.443. The second-order valence-electron chi connectivity index (χ2n) is 3.70. The van der Waals surface area contributed by atoms with E-state index in [1.807, 2.05) is 18.7 Å². The monoisotopic (exact) mass is 165 g/mol. The van der Waals surface area contributed by atoms with Crippen molar-refractivity contribution in [1.29, 1.82) is 0 Å². The van der Waals surface area contributed by atoms with Crippen molar-refractivity contribution < 1.29 is 0 Å². The van der Waals surface area contributed by atoms with Gasteiger partial charge in [-0.05, 0) is 25.2 Å². The van der Waals surface area contributed by atoms with Gasteiger partial charge < -0.3 is 10.3 Å². The zero-order chi connectivity index (χ0) is 8.39. The molecule has 1 saturated carbocycles. The average molecular weight is 165 g/mol. The molecule has 0 unspecified atom stereocenters. The molecule has 0 radical (unpaired) electrons. The molecule has 1 aromatic heterocycles. The van der Waals surface area contributed by atoms with Gasteiger partial charge in [0.1, 0.15) is 0 Å². The Labute approximate surface area is 72.6 Å². The van der Waals surface area contributed by atoms with Gasteiger partial charge >= 0.3 is 0 Å². The number of rotatable bonds is 2. The predicted octanol–water partition coefficient (Wildman–Crippen LogP) is 1.01. The fourth-order valence-corrected chi connectivity index (χ4v) is 1.97. The first-order chi connectivity index (χ1) is 5.84. The lowest BCUT2D eigenvalue weighted by Gasteiger charge is -2.09. The number of nitrogens with zero attached hydrogens (tertiary/aromatic N) is 2. The molecular weight excluding hydrogens is 150 g/mol. The molecule has 2 atom stereocenters. The zero-order valence-corrected chi connectivity index (χ0v) is 7.19. The summed E-state index contributed by atoms with van der Waals surface area (Å²) in [5, 5.41) is 0. The number of hydrogen-bond acceptors (Lipinski definition) is 2. The SMILES string of the molecule is N[C@@H]1CC[C@H](Cn2ccnc2)C1. The molecule has 0 aromatic carbocycles. The largest absolute Gasteiger partial charge is 0.337 e. The van der Waals surface area contributed by atoms with Crippen molar-refractivity contribution in [2.75, 3.05) is 0 Å². The van der Waals surface area contributed by atoms with Crippen molar-refractivity contribution in [3.63, 3.8) is 0 Å². The maximum Gasteiger partial charge on any atom is 0.0945 e. The summed E-state index contributed by atoms with van der Waals surface area (Å²) in [6.45, 7) is 1.09. The highest BCUT2D eigenvalue weighted by Crippen LogP contribution is 2.25. The topological polar surface area (TPSA) is 43.8 Å². The van der Waals surface area contributed by atoms with Gasteiger partial charge in [-0.3, -0.25) is 0 Å². The quantitative estimate of drug-likeness (QED) is 0.710. The third-order valence-electron chi connectivity index (χ3n) is 2.61. The van der Waals surface area contributed by atoms with Gasteiger partial charge in [-0.15, -0.1) is 0 Å². The Morgan fingerprint density at radius 3 is 3.00 bits per heavy atom. The second-order valence-corrected chi connectivity index (χ2v) is 3.70. The predicted molar refractivity (Wildman–Crippen MR) is 47.5 cm³/mol. The van der Waals surface area contributed by atoms with Gasteiger partial charge in [0.05, 0.1) is 6.33 Å². The Morgan fingerprint density at radius 1 is 1.50 bits per heavy atom. The Morgan fingerprint density at radius 2 is 2.42 bits per heavy atom. The van der Waals surface area contributed by atoms with E-state index in [1.54, 1.807) is 0 Å². The molecule has 0 aliphatic heterocycles. The summed E-state index contributed by atoms with van der Waals surface area (Å²) in [5.74, 6) is 0.772. The first-order valence-corrected chi connectivity index (χ1v) is 4.56. The molecule has 0 spiro atoms. The number of hydrogen-bond donors (Lipinski definition) is 1. The summed E-state index contributed by atoms with van der Waals surface area (Å²) in [6.07, 6.45) is 9.37. The van der Waals surface area contributed by atoms with Crippen LogP contribution in [-0.4, -0.2) is 15.6 Å². The van der Waals surface area contributed by atoms with Crippen LogP contribution < -0.4 is 5.73 Å². The molecular formula is C9H15N3. The molecule has 12 heavy (non-hydrogen) atoms. The molecule has 3 heteroatoms. The average Bonchev–Trinajstić information content (AvgIpc) is 2.63. The van der Waals surface area contributed by atoms with Gasteiger partial charge in [0.15, 0.2) is 0 Å². The van der Waals surface area contributed by atoms with Crippen molar-refractivity contribution in [3.05, 3.63) is 18.7 Å². The third kappa shape index (κ3) is 1.67. The van der Waals surface area contributed by atoms with Gasteiger partial charge in [0, 0.05) is 25.0 Å². The summed E-state index contributed by atoms with van der Waals surface area (Å²) >= 11 is 0. The van der Waals surface area contributed by atoms with E-state index in [1.165, 1.54) is 19.3 Å². The van der Waals surface area contributed by atoms with Crippen LogP contribution in [0.25, 0.3) is 0 Å². The summed E-state index contributed by atoms with van der Waals surface area (Å²) in [6, 6.07) is 0.443. The molecule has 1 aromatic rings. The maximum absolute atomic E-state index is 5.83. The highest BCUT2D eigenvalue weighted by Gasteiger charge is 2.21. The van der Waals surface area contributed by atoms with E-state index < -0.39 is 0 Å². The lowest BCUT2D eigenvalue weighted by molar-refractivity contribution is 0.451. The number of aromatic nitrogens is 2. The van der Waals surface area contributed by atoms with Gasteiger partial charge in [-0.1, -0.05) is 0 Å². The molecule has 66 valence electrons. The van der Waals surface area contributed by atoms with Crippen molar-refractivity contribution in [3.8, 4) is 0 Å². The Bertz CT molecular complexity index is 230. The van der Waals surface area contributed by atoms with E-state index in [4.69, 9.17) is 5.73 Å². The number of imidazole rings is 1. The Kier molecular flexibility index (Phi) is 2.13. The molecule has 0 saturated heterocycles. The summed E-state index contributed by atoms with van der Waals surface area (Å²) in [4.78, 5) is 4.01. The summed E-state index contributed by atoms with van der Waals surface area (Å²) in [7, 11) is 0. The molecule has 1 heterocycles. The van der Waals surface area contributed by atoms with E-state index in [0.29, 0.717) is 6.04 Å². The summed E-state index contributed by atoms with van der Waals surface area (Å²) < 4.78 is 2.14. The molecule has 3 nitrogen and oxygen atoms in total. The zero-order valence-electron chi connectivity index (χ0n) is 7.19. The fourth-order valence-electron chi connectivity index (χ4n) is 1.97. The van der Waals surface area contributed by atoms with Crippen LogP contribution in [0.15, 0.2) is 18.7 Å². The van der Waals surface area contributed by atoms with E-state index >= 15 is 0 Å². The minimum Gasteiger partial charge on any atom is -0.337 e. The van der Waals surface area contributed by atoms with Gasteiger partial charge in [-0.2, -0.15) is 0 Å². The third-order valence-corrected chi connectivity index (χ3v) is 2.61. The van der Waals surface area contributed by atoms with Crippen LogP contribution in [0.3, 0.4) is 0 Å². The van der Waals surface area contributed by atoms with Crippen LogP contribution in [0, 0.1) is 5.92 Å². The van der Waals surface area contributed by atoms with Crippen molar-refractivity contribution in [2.24, 2.45) is 11.7 Å². The first-order valence-electron chi connectivity index (χ1n) is 4.56. The molecule has 0 amide bonds. The lowest BCUT2D eigenvalue weighted by atomic mass is 10.1. The van der Waals surface area contributed by atoms with E-state index in [2.05, 4.69) is 9.55 Å². The maximum atomic E-state index is 5.83. The molecule has 2 rings (SSSR count). The van der Waals surface area contributed by atoms with Crippen molar-refractivity contribution in [2.45, 2.75) is 31.8 Å². The first kappa shape index (κ1) is 7.80. The van der Waals surface area contributed by atoms with Gasteiger partial charge in [0.2, 0.25) is 0 Å². The number of nitrogens with two attached hydrogens (primary N) is 1. The lowest BCUT2D eigenvalue weighted by Crippen LogP contribution is -2.16. The smallest absolute Gasteiger partial charge is 0.0945 e.